The number of esters is 1. The van der Waals surface area contributed by atoms with Crippen molar-refractivity contribution in [3.8, 4) is 0 Å². The lowest BCUT2D eigenvalue weighted by molar-refractivity contribution is -0.172. The molecule has 0 amide bonds. The molecule has 4 saturated carbocycles. The molecule has 1 heterocycles. The first-order valence-corrected chi connectivity index (χ1v) is 16.8. The molecule has 0 unspecified atom stereocenters. The van der Waals surface area contributed by atoms with Crippen LogP contribution < -0.4 is 0 Å². The number of ether oxygens (including phenoxy) is 1. The molecule has 5 fully saturated rings. The minimum Gasteiger partial charge on any atom is -0.743 e. The van der Waals surface area contributed by atoms with Crippen molar-refractivity contribution in [3.05, 3.63) is 48.0 Å². The summed E-state index contributed by atoms with van der Waals surface area (Å²) >= 11 is 0. The molecule has 4 aliphatic carbocycles. The molecule has 2 aromatic rings. The van der Waals surface area contributed by atoms with E-state index in [9.17, 15) is 31.3 Å². The number of carbonyl (C=O) groups is 2. The van der Waals surface area contributed by atoms with Gasteiger partial charge in [0.1, 0.15) is 11.5 Å². The zero-order valence-corrected chi connectivity index (χ0v) is 23.4. The van der Waals surface area contributed by atoms with Crippen molar-refractivity contribution >= 4 is 43.5 Å². The third-order valence-electron chi connectivity index (χ3n) is 8.77. The Morgan fingerprint density at radius 2 is 1.51 bits per heavy atom. The van der Waals surface area contributed by atoms with E-state index in [4.69, 9.17) is 0 Å². The van der Waals surface area contributed by atoms with Crippen molar-refractivity contribution < 1.29 is 36.1 Å². The highest BCUT2D eigenvalue weighted by atomic mass is 32.2. The highest BCUT2D eigenvalue weighted by Gasteiger charge is 2.53. The molecule has 0 aromatic heterocycles. The van der Waals surface area contributed by atoms with Gasteiger partial charge in [-0.3, -0.25) is 4.79 Å². The van der Waals surface area contributed by atoms with Crippen LogP contribution in [0.4, 0.5) is 8.78 Å². The zero-order valence-electron chi connectivity index (χ0n) is 21.8. The Hall–Kier alpha value is -2.04. The molecule has 0 N–H and O–H groups in total. The number of halogens is 2. The highest BCUT2D eigenvalue weighted by molar-refractivity contribution is 7.97. The van der Waals surface area contributed by atoms with Crippen LogP contribution in [0.5, 0.6) is 0 Å². The summed E-state index contributed by atoms with van der Waals surface area (Å²) in [5.74, 6) is 3.03. The number of rotatable bonds is 7. The standard InChI is InChI=1S/C16H17OS.C13H18F2O5S/c17-16(12-18-10-3-4-11-18)15-9-5-7-13-6-1-2-8-14(13)15;14-13(15,21(17,18)19)11(16)20-7-12-4-8-1-9(5-12)3-10(2-8)6-12/h1-2,5-9H,3-4,10-12H2;8-10H,1-7H2,(H,17,18,19)/q+1;/p-1. The van der Waals surface area contributed by atoms with Crippen molar-refractivity contribution in [2.75, 3.05) is 23.9 Å². The lowest BCUT2D eigenvalue weighted by Crippen LogP contribution is -2.49. The van der Waals surface area contributed by atoms with Crippen LogP contribution in [0.3, 0.4) is 0 Å². The lowest BCUT2D eigenvalue weighted by atomic mass is 9.50. The fourth-order valence-electron chi connectivity index (χ4n) is 7.46. The summed E-state index contributed by atoms with van der Waals surface area (Å²) < 4.78 is 62.0. The van der Waals surface area contributed by atoms with Crippen LogP contribution in [0.15, 0.2) is 42.5 Å². The van der Waals surface area contributed by atoms with Crippen molar-refractivity contribution in [1.82, 2.24) is 0 Å². The number of benzene rings is 2. The lowest BCUT2D eigenvalue weighted by Gasteiger charge is -2.56. The van der Waals surface area contributed by atoms with E-state index in [0.29, 0.717) is 34.4 Å². The zero-order chi connectivity index (χ0) is 27.8. The van der Waals surface area contributed by atoms with Crippen LogP contribution in [0.25, 0.3) is 10.8 Å². The monoisotopic (exact) mass is 580 g/mol. The van der Waals surface area contributed by atoms with Gasteiger partial charge in [0.25, 0.3) is 0 Å². The van der Waals surface area contributed by atoms with Crippen molar-refractivity contribution in [2.24, 2.45) is 23.2 Å². The molecule has 212 valence electrons. The molecular formula is C29H34F2O6S2. The third-order valence-corrected chi connectivity index (χ3v) is 12.0. The van der Waals surface area contributed by atoms with E-state index in [-0.39, 0.29) is 12.0 Å². The van der Waals surface area contributed by atoms with Crippen LogP contribution in [-0.4, -0.2) is 53.8 Å². The average molecular weight is 581 g/mol. The summed E-state index contributed by atoms with van der Waals surface area (Å²) in [6.07, 6.45) is 8.58. The number of carbonyl (C=O) groups excluding carboxylic acids is 2. The van der Waals surface area contributed by atoms with E-state index in [1.165, 1.54) is 24.3 Å². The Bertz CT molecular complexity index is 1300. The second-order valence-electron chi connectivity index (χ2n) is 11.8. The number of fused-ring (bicyclic) bond motifs is 1. The van der Waals surface area contributed by atoms with Gasteiger partial charge in [-0.15, -0.1) is 0 Å². The van der Waals surface area contributed by atoms with E-state index in [1.54, 1.807) is 0 Å². The molecule has 10 heteroatoms. The molecule has 5 aliphatic rings. The molecule has 39 heavy (non-hydrogen) atoms. The molecule has 1 saturated heterocycles. The van der Waals surface area contributed by atoms with Gasteiger partial charge in [0, 0.05) is 11.0 Å². The predicted molar refractivity (Wildman–Crippen MR) is 146 cm³/mol. The first-order chi connectivity index (χ1) is 18.5. The summed E-state index contributed by atoms with van der Waals surface area (Å²) in [5.41, 5.74) is 0.611. The van der Waals surface area contributed by atoms with Gasteiger partial charge in [-0.2, -0.15) is 8.78 Å². The van der Waals surface area contributed by atoms with Crippen LogP contribution in [0.2, 0.25) is 0 Å². The summed E-state index contributed by atoms with van der Waals surface area (Å²) in [7, 11) is -5.69. The molecule has 4 bridgehead atoms. The fourth-order valence-corrected chi connectivity index (χ4v) is 9.97. The van der Waals surface area contributed by atoms with Gasteiger partial charge in [0.2, 0.25) is 5.78 Å². The van der Waals surface area contributed by atoms with Gasteiger partial charge in [0.15, 0.2) is 15.9 Å². The Balaban J connectivity index is 0.000000160. The quantitative estimate of drug-likeness (QED) is 0.190. The predicted octanol–water partition coefficient (Wildman–Crippen LogP) is 5.32. The normalized spacial score (nSPS) is 28.2. The van der Waals surface area contributed by atoms with Crippen LogP contribution >= 0.6 is 0 Å². The Kier molecular flexibility index (Phi) is 8.10. The molecule has 6 nitrogen and oxygen atoms in total. The SMILES string of the molecule is O=C(C[S+]1CCCC1)c1cccc2ccccc12.O=C(OCC12CC3CC(CC(C3)C1)C2)C(F)(F)S(=O)(=O)[O-]. The number of hydrogen-bond acceptors (Lipinski definition) is 6. The van der Waals surface area contributed by atoms with Crippen molar-refractivity contribution in [1.29, 1.82) is 0 Å². The van der Waals surface area contributed by atoms with Gasteiger partial charge in [-0.05, 0) is 90.8 Å². The molecule has 0 spiro atoms. The smallest absolute Gasteiger partial charge is 0.428 e. The van der Waals surface area contributed by atoms with Crippen LogP contribution in [0.1, 0.15) is 61.7 Å². The first-order valence-electron chi connectivity index (χ1n) is 13.6. The van der Waals surface area contributed by atoms with E-state index in [0.717, 1.165) is 60.6 Å². The maximum absolute atomic E-state index is 13.1. The number of alkyl halides is 2. The maximum atomic E-state index is 13.1. The molecule has 0 radical (unpaired) electrons. The van der Waals surface area contributed by atoms with Crippen LogP contribution in [0, 0.1) is 23.2 Å². The number of Topliss-reactive ketones (excluding diaryl/α,β-unsaturated/α-hetero) is 1. The Morgan fingerprint density at radius 1 is 0.949 bits per heavy atom. The summed E-state index contributed by atoms with van der Waals surface area (Å²) in [6.45, 7) is -0.208. The fraction of sp³-hybridized carbons (Fsp3) is 0.586. The van der Waals surface area contributed by atoms with Gasteiger partial charge in [0.05, 0.1) is 6.61 Å². The van der Waals surface area contributed by atoms with Gasteiger partial charge in [-0.1, -0.05) is 42.5 Å². The van der Waals surface area contributed by atoms with Gasteiger partial charge < -0.3 is 9.29 Å². The summed E-state index contributed by atoms with van der Waals surface area (Å²) in [5, 5.41) is -2.74. The number of ketones is 1. The summed E-state index contributed by atoms with van der Waals surface area (Å²) in [4.78, 5) is 23.7. The van der Waals surface area contributed by atoms with E-state index in [1.807, 2.05) is 24.3 Å². The minimum absolute atomic E-state index is 0.208. The molecule has 2 aromatic carbocycles. The molecule has 1 aliphatic heterocycles. The third kappa shape index (κ3) is 6.17. The Morgan fingerprint density at radius 3 is 2.10 bits per heavy atom. The van der Waals surface area contributed by atoms with Crippen LogP contribution in [-0.2, 0) is 30.5 Å². The largest absolute Gasteiger partial charge is 0.743 e. The second-order valence-corrected chi connectivity index (χ2v) is 15.5. The first kappa shape index (κ1) is 28.5. The van der Waals surface area contributed by atoms with Crippen molar-refractivity contribution in [2.45, 2.75) is 56.6 Å². The minimum atomic E-state index is -6.04. The van der Waals surface area contributed by atoms with Gasteiger partial charge >= 0.3 is 11.2 Å². The topological polar surface area (TPSA) is 101 Å². The highest BCUT2D eigenvalue weighted by Crippen LogP contribution is 2.60. The molecule has 7 rings (SSSR count). The molecule has 0 atom stereocenters. The number of hydrogen-bond donors (Lipinski definition) is 0. The van der Waals surface area contributed by atoms with E-state index >= 15 is 0 Å². The van der Waals surface area contributed by atoms with Gasteiger partial charge in [-0.25, -0.2) is 13.2 Å². The maximum Gasteiger partial charge on any atom is 0.428 e. The van der Waals surface area contributed by atoms with E-state index in [2.05, 4.69) is 22.9 Å². The second kappa shape index (κ2) is 11.1. The molecular weight excluding hydrogens is 546 g/mol. The van der Waals surface area contributed by atoms with Crippen molar-refractivity contribution in [3.63, 3.8) is 0 Å². The average Bonchev–Trinajstić information content (AvgIpc) is 3.39. The van der Waals surface area contributed by atoms with E-state index < -0.39 is 21.3 Å². The summed E-state index contributed by atoms with van der Waals surface area (Å²) in [6, 6.07) is 14.2. The Labute approximate surface area is 231 Å².